The van der Waals surface area contributed by atoms with Gasteiger partial charge in [-0.15, -0.1) is 0 Å². The maximum absolute atomic E-state index is 6.59. The third-order valence-electron chi connectivity index (χ3n) is 13.4. The molecular weight excluding hydrogens is 779 g/mol. The van der Waals surface area contributed by atoms with Crippen molar-refractivity contribution in [1.29, 1.82) is 0 Å². The van der Waals surface area contributed by atoms with Crippen molar-refractivity contribution in [3.05, 3.63) is 259 Å². The Morgan fingerprint density at radius 1 is 0.328 bits per heavy atom. The zero-order chi connectivity index (χ0) is 42.2. The molecule has 0 spiro atoms. The Balaban J connectivity index is 1.03. The summed E-state index contributed by atoms with van der Waals surface area (Å²) in [5, 5.41) is 4.49. The fraction of sp³-hybridized carbons (Fsp3) is 0.0164. The molecule has 2 aromatic heterocycles. The highest BCUT2D eigenvalue weighted by Crippen LogP contribution is 2.59. The summed E-state index contributed by atoms with van der Waals surface area (Å²) in [6, 6.07) is 85.3. The van der Waals surface area contributed by atoms with Crippen molar-refractivity contribution < 1.29 is 8.83 Å². The van der Waals surface area contributed by atoms with Gasteiger partial charge >= 0.3 is 0 Å². The Labute approximate surface area is 370 Å². The van der Waals surface area contributed by atoms with Crippen molar-refractivity contribution >= 4 is 60.9 Å². The van der Waals surface area contributed by atoms with Crippen LogP contribution in [-0.4, -0.2) is 0 Å². The molecule has 64 heavy (non-hydrogen) atoms. The third-order valence-corrected chi connectivity index (χ3v) is 13.4. The van der Waals surface area contributed by atoms with E-state index < -0.39 is 5.41 Å². The number of rotatable bonds is 7. The fourth-order valence-corrected chi connectivity index (χ4v) is 10.6. The Morgan fingerprint density at radius 2 is 0.906 bits per heavy atom. The number of hydrogen-bond donors (Lipinski definition) is 0. The number of nitrogens with zero attached hydrogens (tertiary/aromatic N) is 1. The average molecular weight is 818 g/mol. The number of para-hydroxylation sites is 3. The molecule has 0 N–H and O–H groups in total. The lowest BCUT2D eigenvalue weighted by molar-refractivity contribution is 0.669. The van der Waals surface area contributed by atoms with Gasteiger partial charge < -0.3 is 13.7 Å². The summed E-state index contributed by atoms with van der Waals surface area (Å²) in [5.41, 5.74) is 18.1. The fourth-order valence-electron chi connectivity index (χ4n) is 10.6. The summed E-state index contributed by atoms with van der Waals surface area (Å²) in [6.45, 7) is 0. The van der Waals surface area contributed by atoms with Crippen molar-refractivity contribution in [2.75, 3.05) is 4.90 Å². The van der Waals surface area contributed by atoms with Gasteiger partial charge in [0.05, 0.1) is 11.1 Å². The topological polar surface area (TPSA) is 29.5 Å². The molecule has 10 aromatic carbocycles. The standard InChI is InChI=1S/C61H39NO2/c1-3-17-43(18-4-1)61(44-19-5-2-6-20-44)53-27-10-7-24-52(53)59-54(61)28-15-29-55(59)62(45-35-32-40(33-36-45)41-34-37-50-48-22-8-11-30-56(48)63-58(50)39-41)46-21-13-16-42(38-46)47-25-14-26-51-49-23-9-12-31-57(49)64-60(47)51/h1-39H. The Kier molecular flexibility index (Phi) is 8.13. The first kappa shape index (κ1) is 36.3. The number of furan rings is 2. The van der Waals surface area contributed by atoms with E-state index in [0.29, 0.717) is 0 Å². The second kappa shape index (κ2) is 14.3. The van der Waals surface area contributed by atoms with Gasteiger partial charge in [-0.2, -0.15) is 0 Å². The first-order valence-corrected chi connectivity index (χ1v) is 21.9. The van der Waals surface area contributed by atoms with Crippen LogP contribution in [0.15, 0.2) is 245 Å². The van der Waals surface area contributed by atoms with E-state index in [9.17, 15) is 0 Å². The highest BCUT2D eigenvalue weighted by Gasteiger charge is 2.47. The van der Waals surface area contributed by atoms with E-state index in [4.69, 9.17) is 8.83 Å². The molecular formula is C61H39NO2. The Bertz CT molecular complexity index is 3690. The van der Waals surface area contributed by atoms with Gasteiger partial charge in [-0.3, -0.25) is 0 Å². The summed E-state index contributed by atoms with van der Waals surface area (Å²) in [7, 11) is 0. The van der Waals surface area contributed by atoms with Gasteiger partial charge in [0, 0.05) is 44.0 Å². The van der Waals surface area contributed by atoms with Gasteiger partial charge in [0.2, 0.25) is 0 Å². The van der Waals surface area contributed by atoms with Gasteiger partial charge in [0.25, 0.3) is 0 Å². The van der Waals surface area contributed by atoms with E-state index in [1.807, 2.05) is 18.2 Å². The van der Waals surface area contributed by atoms with Crippen molar-refractivity contribution in [2.24, 2.45) is 0 Å². The average Bonchev–Trinajstić information content (AvgIpc) is 4.03. The summed E-state index contributed by atoms with van der Waals surface area (Å²) in [4.78, 5) is 2.44. The minimum Gasteiger partial charge on any atom is -0.456 e. The summed E-state index contributed by atoms with van der Waals surface area (Å²) in [6.07, 6.45) is 0. The van der Waals surface area contributed by atoms with E-state index in [1.54, 1.807) is 0 Å². The van der Waals surface area contributed by atoms with Gasteiger partial charge in [0.1, 0.15) is 22.3 Å². The van der Waals surface area contributed by atoms with Crippen LogP contribution in [-0.2, 0) is 5.41 Å². The molecule has 0 fully saturated rings. The normalized spacial score (nSPS) is 12.8. The van der Waals surface area contributed by atoms with E-state index >= 15 is 0 Å². The van der Waals surface area contributed by atoms with E-state index in [2.05, 4.69) is 223 Å². The molecule has 0 saturated carbocycles. The highest BCUT2D eigenvalue weighted by atomic mass is 16.3. The van der Waals surface area contributed by atoms with Gasteiger partial charge in [0.15, 0.2) is 0 Å². The van der Waals surface area contributed by atoms with Crippen molar-refractivity contribution in [3.63, 3.8) is 0 Å². The molecule has 0 saturated heterocycles. The summed E-state index contributed by atoms with van der Waals surface area (Å²) < 4.78 is 12.9. The Hall–Kier alpha value is -8.40. The van der Waals surface area contributed by atoms with Crippen molar-refractivity contribution in [1.82, 2.24) is 0 Å². The zero-order valence-electron chi connectivity index (χ0n) is 34.8. The molecule has 0 radical (unpaired) electrons. The zero-order valence-corrected chi connectivity index (χ0v) is 34.8. The molecule has 13 rings (SSSR count). The number of fused-ring (bicyclic) bond motifs is 9. The van der Waals surface area contributed by atoms with Crippen LogP contribution in [0.4, 0.5) is 17.1 Å². The molecule has 0 bridgehead atoms. The first-order chi connectivity index (χ1) is 31.7. The van der Waals surface area contributed by atoms with Crippen LogP contribution >= 0.6 is 0 Å². The van der Waals surface area contributed by atoms with Crippen LogP contribution in [0.2, 0.25) is 0 Å². The lowest BCUT2D eigenvalue weighted by Gasteiger charge is -2.34. The van der Waals surface area contributed by atoms with E-state index in [0.717, 1.165) is 83.2 Å². The molecule has 12 aromatic rings. The lowest BCUT2D eigenvalue weighted by Crippen LogP contribution is -2.28. The molecule has 0 atom stereocenters. The molecule has 1 aliphatic carbocycles. The van der Waals surface area contributed by atoms with Gasteiger partial charge in [-0.25, -0.2) is 0 Å². The minimum absolute atomic E-state index is 0.534. The number of hydrogen-bond acceptors (Lipinski definition) is 3. The molecule has 3 heteroatoms. The van der Waals surface area contributed by atoms with Crippen LogP contribution in [0.25, 0.3) is 77.3 Å². The first-order valence-electron chi connectivity index (χ1n) is 21.9. The van der Waals surface area contributed by atoms with Crippen LogP contribution in [0.5, 0.6) is 0 Å². The van der Waals surface area contributed by atoms with Gasteiger partial charge in [-0.05, 0) is 99.1 Å². The smallest absolute Gasteiger partial charge is 0.143 e. The number of anilines is 3. The van der Waals surface area contributed by atoms with Crippen LogP contribution < -0.4 is 4.90 Å². The SMILES string of the molecule is c1ccc(C2(c3ccccc3)c3ccccc3-c3c(N(c4ccc(-c5ccc6c(c5)oc5ccccc56)cc4)c4cccc(-c5cccc6c5oc5ccccc56)c4)cccc32)cc1. The molecule has 2 heterocycles. The summed E-state index contributed by atoms with van der Waals surface area (Å²) in [5.74, 6) is 0. The lowest BCUT2D eigenvalue weighted by atomic mass is 9.68. The second-order valence-corrected chi connectivity index (χ2v) is 16.7. The van der Waals surface area contributed by atoms with Gasteiger partial charge in [-0.1, -0.05) is 182 Å². The van der Waals surface area contributed by atoms with E-state index in [-0.39, 0.29) is 0 Å². The highest BCUT2D eigenvalue weighted by molar-refractivity contribution is 6.10. The predicted octanol–water partition coefficient (Wildman–Crippen LogP) is 16.7. The van der Waals surface area contributed by atoms with Crippen molar-refractivity contribution in [2.45, 2.75) is 5.41 Å². The molecule has 300 valence electrons. The maximum atomic E-state index is 6.59. The third kappa shape index (κ3) is 5.41. The molecule has 0 aliphatic heterocycles. The monoisotopic (exact) mass is 817 g/mol. The number of benzene rings is 10. The quantitative estimate of drug-likeness (QED) is 0.160. The predicted molar refractivity (Wildman–Crippen MR) is 264 cm³/mol. The summed E-state index contributed by atoms with van der Waals surface area (Å²) >= 11 is 0. The Morgan fingerprint density at radius 3 is 1.69 bits per heavy atom. The largest absolute Gasteiger partial charge is 0.456 e. The molecule has 0 amide bonds. The molecule has 1 aliphatic rings. The van der Waals surface area contributed by atoms with Crippen LogP contribution in [0.1, 0.15) is 22.3 Å². The van der Waals surface area contributed by atoms with E-state index in [1.165, 1.54) is 33.4 Å². The molecule has 0 unspecified atom stereocenters. The maximum Gasteiger partial charge on any atom is 0.143 e. The minimum atomic E-state index is -0.534. The van der Waals surface area contributed by atoms with Crippen LogP contribution in [0.3, 0.4) is 0 Å². The molecule has 3 nitrogen and oxygen atoms in total. The second-order valence-electron chi connectivity index (χ2n) is 16.7. The van der Waals surface area contributed by atoms with Crippen molar-refractivity contribution in [3.8, 4) is 33.4 Å². The van der Waals surface area contributed by atoms with Crippen LogP contribution in [0, 0.1) is 0 Å².